The molecule has 0 bridgehead atoms. The van der Waals surface area contributed by atoms with Crippen LogP contribution in [0.2, 0.25) is 0 Å². The zero-order chi connectivity index (χ0) is 16.8. The van der Waals surface area contributed by atoms with E-state index in [4.69, 9.17) is 9.84 Å². The highest BCUT2D eigenvalue weighted by atomic mass is 32.2. The van der Waals surface area contributed by atoms with Crippen LogP contribution in [0, 0.1) is 0 Å². The minimum atomic E-state index is -3.59. The number of methoxy groups -OCH3 is 1. The summed E-state index contributed by atoms with van der Waals surface area (Å²) in [6, 6.07) is 6.96. The van der Waals surface area contributed by atoms with Crippen molar-refractivity contribution in [2.75, 3.05) is 33.4 Å². The average molecular weight is 329 g/mol. The van der Waals surface area contributed by atoms with Gasteiger partial charge < -0.3 is 9.84 Å². The van der Waals surface area contributed by atoms with Crippen LogP contribution in [0.4, 0.5) is 0 Å². The molecule has 0 heterocycles. The Morgan fingerprint density at radius 1 is 1.14 bits per heavy atom. The van der Waals surface area contributed by atoms with Gasteiger partial charge in [-0.2, -0.15) is 4.31 Å². The van der Waals surface area contributed by atoms with E-state index in [1.54, 1.807) is 19.2 Å². The number of hydrogen-bond donors (Lipinski definition) is 1. The predicted octanol–water partition coefficient (Wildman–Crippen LogP) is 2.00. The number of nitrogens with zero attached hydrogens (tertiary/aromatic N) is 1. The van der Waals surface area contributed by atoms with Gasteiger partial charge in [-0.1, -0.05) is 32.9 Å². The number of sulfonamides is 1. The molecule has 0 radical (unpaired) electrons. The second kappa shape index (κ2) is 8.06. The van der Waals surface area contributed by atoms with Gasteiger partial charge in [-0.05, 0) is 29.5 Å². The van der Waals surface area contributed by atoms with Crippen molar-refractivity contribution >= 4 is 10.0 Å². The Balaban J connectivity index is 2.98. The Labute approximate surface area is 134 Å². The van der Waals surface area contributed by atoms with Crippen molar-refractivity contribution in [3.8, 4) is 0 Å². The Bertz CT molecular complexity index is 547. The largest absolute Gasteiger partial charge is 0.395 e. The second-order valence-electron chi connectivity index (χ2n) is 6.25. The molecule has 0 spiro atoms. The van der Waals surface area contributed by atoms with Crippen LogP contribution in [-0.2, 0) is 20.2 Å². The lowest BCUT2D eigenvalue weighted by molar-refractivity contribution is 0.182. The number of ether oxygens (including phenoxy) is 1. The van der Waals surface area contributed by atoms with Crippen molar-refractivity contribution in [1.82, 2.24) is 4.31 Å². The van der Waals surface area contributed by atoms with Gasteiger partial charge >= 0.3 is 0 Å². The summed E-state index contributed by atoms with van der Waals surface area (Å²) in [5.74, 6) is 0. The topological polar surface area (TPSA) is 66.8 Å². The maximum absolute atomic E-state index is 12.7. The average Bonchev–Trinajstić information content (AvgIpc) is 2.45. The van der Waals surface area contributed by atoms with Crippen LogP contribution in [0.1, 0.15) is 32.8 Å². The van der Waals surface area contributed by atoms with E-state index in [0.29, 0.717) is 19.6 Å². The van der Waals surface area contributed by atoms with Gasteiger partial charge in [-0.25, -0.2) is 8.42 Å². The van der Waals surface area contributed by atoms with Crippen LogP contribution in [0.5, 0.6) is 0 Å². The molecule has 0 aliphatic heterocycles. The predicted molar refractivity (Wildman–Crippen MR) is 87.5 cm³/mol. The summed E-state index contributed by atoms with van der Waals surface area (Å²) < 4.78 is 31.6. The Morgan fingerprint density at radius 3 is 2.18 bits per heavy atom. The van der Waals surface area contributed by atoms with Gasteiger partial charge in [-0.3, -0.25) is 0 Å². The molecule has 0 fully saturated rings. The summed E-state index contributed by atoms with van der Waals surface area (Å²) in [4.78, 5) is 0.256. The highest BCUT2D eigenvalue weighted by Gasteiger charge is 2.24. The zero-order valence-corrected chi connectivity index (χ0v) is 14.7. The molecule has 0 saturated carbocycles. The number of hydrogen-bond acceptors (Lipinski definition) is 4. The van der Waals surface area contributed by atoms with Crippen molar-refractivity contribution in [2.24, 2.45) is 0 Å². The SMILES string of the molecule is COCCCN(CCO)S(=O)(=O)c1ccc(C(C)(C)C)cc1. The van der Waals surface area contributed by atoms with E-state index in [1.807, 2.05) is 12.1 Å². The summed E-state index contributed by atoms with van der Waals surface area (Å²) in [5, 5.41) is 9.12. The summed E-state index contributed by atoms with van der Waals surface area (Å²) in [6.07, 6.45) is 0.593. The fourth-order valence-corrected chi connectivity index (χ4v) is 3.59. The van der Waals surface area contributed by atoms with Crippen LogP contribution in [0.3, 0.4) is 0 Å². The molecule has 22 heavy (non-hydrogen) atoms. The minimum Gasteiger partial charge on any atom is -0.395 e. The standard InChI is InChI=1S/C16H27NO4S/c1-16(2,3)14-6-8-15(9-7-14)22(19,20)17(11-12-18)10-5-13-21-4/h6-9,18H,5,10-13H2,1-4H3. The van der Waals surface area contributed by atoms with E-state index in [9.17, 15) is 8.42 Å². The van der Waals surface area contributed by atoms with Gasteiger partial charge in [0, 0.05) is 26.8 Å². The lowest BCUT2D eigenvalue weighted by Gasteiger charge is -2.23. The van der Waals surface area contributed by atoms with Gasteiger partial charge in [0.15, 0.2) is 0 Å². The first-order chi connectivity index (χ1) is 10.2. The summed E-state index contributed by atoms with van der Waals surface area (Å²) in [7, 11) is -2.01. The molecule has 0 unspecified atom stereocenters. The highest BCUT2D eigenvalue weighted by Crippen LogP contribution is 2.24. The molecule has 0 aromatic heterocycles. The smallest absolute Gasteiger partial charge is 0.243 e. The van der Waals surface area contributed by atoms with Crippen LogP contribution < -0.4 is 0 Å². The lowest BCUT2D eigenvalue weighted by Crippen LogP contribution is -2.35. The van der Waals surface area contributed by atoms with E-state index in [1.165, 1.54) is 4.31 Å². The molecule has 0 atom stereocenters. The van der Waals surface area contributed by atoms with E-state index < -0.39 is 10.0 Å². The molecule has 1 rings (SSSR count). The number of aliphatic hydroxyl groups excluding tert-OH is 1. The van der Waals surface area contributed by atoms with Gasteiger partial charge in [0.05, 0.1) is 11.5 Å². The van der Waals surface area contributed by atoms with Crippen molar-refractivity contribution in [2.45, 2.75) is 37.5 Å². The monoisotopic (exact) mass is 329 g/mol. The summed E-state index contributed by atoms with van der Waals surface area (Å²) >= 11 is 0. The zero-order valence-electron chi connectivity index (χ0n) is 13.9. The molecular weight excluding hydrogens is 302 g/mol. The molecule has 5 nitrogen and oxygen atoms in total. The molecule has 0 amide bonds. The van der Waals surface area contributed by atoms with Crippen LogP contribution >= 0.6 is 0 Å². The highest BCUT2D eigenvalue weighted by molar-refractivity contribution is 7.89. The van der Waals surface area contributed by atoms with E-state index in [-0.39, 0.29) is 23.5 Å². The number of rotatable bonds is 8. The fourth-order valence-electron chi connectivity index (χ4n) is 2.12. The first kappa shape index (κ1) is 19.1. The van der Waals surface area contributed by atoms with Gasteiger partial charge in [0.1, 0.15) is 0 Å². The third kappa shape index (κ3) is 5.05. The van der Waals surface area contributed by atoms with Crippen molar-refractivity contribution in [3.63, 3.8) is 0 Å². The van der Waals surface area contributed by atoms with Crippen LogP contribution in [0.25, 0.3) is 0 Å². The maximum Gasteiger partial charge on any atom is 0.243 e. The number of benzene rings is 1. The molecule has 126 valence electrons. The van der Waals surface area contributed by atoms with E-state index in [2.05, 4.69) is 20.8 Å². The molecule has 6 heteroatoms. The van der Waals surface area contributed by atoms with Gasteiger partial charge in [-0.15, -0.1) is 0 Å². The molecule has 1 N–H and O–H groups in total. The van der Waals surface area contributed by atoms with Gasteiger partial charge in [0.2, 0.25) is 10.0 Å². The molecule has 1 aromatic carbocycles. The first-order valence-corrected chi connectivity index (χ1v) is 8.88. The van der Waals surface area contributed by atoms with Crippen LogP contribution in [-0.4, -0.2) is 51.2 Å². The third-order valence-electron chi connectivity index (χ3n) is 3.46. The molecular formula is C16H27NO4S. The van der Waals surface area contributed by atoms with Crippen LogP contribution in [0.15, 0.2) is 29.2 Å². The van der Waals surface area contributed by atoms with E-state index in [0.717, 1.165) is 5.56 Å². The first-order valence-electron chi connectivity index (χ1n) is 7.44. The Kier molecular flexibility index (Phi) is 6.99. The molecule has 0 aliphatic rings. The Morgan fingerprint density at radius 2 is 1.73 bits per heavy atom. The minimum absolute atomic E-state index is 0.0223. The normalized spacial score (nSPS) is 12.8. The van der Waals surface area contributed by atoms with Gasteiger partial charge in [0.25, 0.3) is 0 Å². The second-order valence-corrected chi connectivity index (χ2v) is 8.19. The van der Waals surface area contributed by atoms with Crippen molar-refractivity contribution in [3.05, 3.63) is 29.8 Å². The summed E-state index contributed by atoms with van der Waals surface area (Å²) in [5.41, 5.74) is 1.06. The third-order valence-corrected chi connectivity index (χ3v) is 5.38. The maximum atomic E-state index is 12.7. The van der Waals surface area contributed by atoms with Crippen molar-refractivity contribution in [1.29, 1.82) is 0 Å². The quantitative estimate of drug-likeness (QED) is 0.741. The fraction of sp³-hybridized carbons (Fsp3) is 0.625. The number of aliphatic hydroxyl groups is 1. The molecule has 0 aliphatic carbocycles. The van der Waals surface area contributed by atoms with Crippen molar-refractivity contribution < 1.29 is 18.3 Å². The Hall–Kier alpha value is -0.950. The lowest BCUT2D eigenvalue weighted by atomic mass is 9.87. The molecule has 1 aromatic rings. The summed E-state index contributed by atoms with van der Waals surface area (Å²) in [6.45, 7) is 6.95. The van der Waals surface area contributed by atoms with E-state index >= 15 is 0 Å². The molecule has 0 saturated heterocycles.